The normalized spacial score (nSPS) is 12.4. The SMILES string of the molecule is CC[C@@H](C)NC(=O)CN(c1ccc(OC)cc1OC)S(C)(=O)=O. The first-order chi connectivity index (χ1) is 10.7. The van der Waals surface area contributed by atoms with Crippen molar-refractivity contribution >= 4 is 21.6 Å². The van der Waals surface area contributed by atoms with Gasteiger partial charge in [-0.15, -0.1) is 0 Å². The molecule has 0 spiro atoms. The third-order valence-electron chi connectivity index (χ3n) is 3.36. The minimum atomic E-state index is -3.66. The zero-order chi connectivity index (χ0) is 17.6. The third kappa shape index (κ3) is 5.31. The van der Waals surface area contributed by atoms with E-state index in [1.54, 1.807) is 18.2 Å². The molecular formula is C15H24N2O5S. The number of hydrogen-bond acceptors (Lipinski definition) is 5. The van der Waals surface area contributed by atoms with Gasteiger partial charge in [0.15, 0.2) is 0 Å². The van der Waals surface area contributed by atoms with Crippen molar-refractivity contribution in [3.8, 4) is 11.5 Å². The average molecular weight is 344 g/mol. The lowest BCUT2D eigenvalue weighted by Gasteiger charge is -2.24. The molecule has 0 saturated heterocycles. The molecule has 1 atom stereocenters. The molecule has 1 aromatic carbocycles. The van der Waals surface area contributed by atoms with Crippen molar-refractivity contribution < 1.29 is 22.7 Å². The molecule has 0 radical (unpaired) electrons. The van der Waals surface area contributed by atoms with Crippen LogP contribution in [0.2, 0.25) is 0 Å². The Balaban J connectivity index is 3.16. The molecule has 0 saturated carbocycles. The number of hydrogen-bond donors (Lipinski definition) is 1. The topological polar surface area (TPSA) is 84.9 Å². The molecule has 0 fully saturated rings. The van der Waals surface area contributed by atoms with Crippen LogP contribution in [0.25, 0.3) is 0 Å². The molecule has 8 heteroatoms. The molecule has 1 aromatic rings. The highest BCUT2D eigenvalue weighted by atomic mass is 32.2. The fourth-order valence-corrected chi connectivity index (χ4v) is 2.78. The maximum atomic E-state index is 12.1. The van der Waals surface area contributed by atoms with Crippen LogP contribution in [0, 0.1) is 0 Å². The number of rotatable bonds is 8. The quantitative estimate of drug-likeness (QED) is 0.770. The van der Waals surface area contributed by atoms with E-state index in [2.05, 4.69) is 5.32 Å². The Bertz CT molecular complexity index is 645. The average Bonchev–Trinajstić information content (AvgIpc) is 2.50. The van der Waals surface area contributed by atoms with Gasteiger partial charge in [-0.1, -0.05) is 6.92 Å². The van der Waals surface area contributed by atoms with Crippen LogP contribution in [-0.4, -0.2) is 47.4 Å². The molecule has 1 rings (SSSR count). The summed E-state index contributed by atoms with van der Waals surface area (Å²) in [4.78, 5) is 12.1. The number of amides is 1. The fourth-order valence-electron chi connectivity index (χ4n) is 1.92. The summed E-state index contributed by atoms with van der Waals surface area (Å²) < 4.78 is 35.6. The van der Waals surface area contributed by atoms with Crippen molar-refractivity contribution in [3.63, 3.8) is 0 Å². The van der Waals surface area contributed by atoms with E-state index < -0.39 is 10.0 Å². The van der Waals surface area contributed by atoms with Gasteiger partial charge in [0.05, 0.1) is 26.2 Å². The predicted octanol–water partition coefficient (Wildman–Crippen LogP) is 1.38. The van der Waals surface area contributed by atoms with Crippen LogP contribution in [0.5, 0.6) is 11.5 Å². The summed E-state index contributed by atoms with van der Waals surface area (Å²) in [6, 6.07) is 4.71. The number of benzene rings is 1. The Hall–Kier alpha value is -1.96. The van der Waals surface area contributed by atoms with Gasteiger partial charge in [-0.05, 0) is 25.5 Å². The van der Waals surface area contributed by atoms with Crippen molar-refractivity contribution in [1.82, 2.24) is 5.32 Å². The number of nitrogens with zero attached hydrogens (tertiary/aromatic N) is 1. The number of methoxy groups -OCH3 is 2. The molecule has 130 valence electrons. The molecule has 0 aliphatic heterocycles. The zero-order valence-electron chi connectivity index (χ0n) is 14.1. The summed E-state index contributed by atoms with van der Waals surface area (Å²) in [6.45, 7) is 3.48. The van der Waals surface area contributed by atoms with E-state index >= 15 is 0 Å². The van der Waals surface area contributed by atoms with E-state index in [-0.39, 0.29) is 24.2 Å². The van der Waals surface area contributed by atoms with Crippen molar-refractivity contribution in [3.05, 3.63) is 18.2 Å². The maximum Gasteiger partial charge on any atom is 0.240 e. The Morgan fingerprint density at radius 2 is 1.96 bits per heavy atom. The fraction of sp³-hybridized carbons (Fsp3) is 0.533. The first-order valence-electron chi connectivity index (χ1n) is 7.22. The summed E-state index contributed by atoms with van der Waals surface area (Å²) in [5.41, 5.74) is 0.287. The van der Waals surface area contributed by atoms with Gasteiger partial charge in [0.1, 0.15) is 18.0 Å². The van der Waals surface area contributed by atoms with Crippen LogP contribution < -0.4 is 19.1 Å². The summed E-state index contributed by atoms with van der Waals surface area (Å²) in [5, 5.41) is 2.75. The molecule has 0 unspecified atom stereocenters. The first kappa shape index (κ1) is 19.1. The third-order valence-corrected chi connectivity index (χ3v) is 4.49. The van der Waals surface area contributed by atoms with Crippen LogP contribution >= 0.6 is 0 Å². The van der Waals surface area contributed by atoms with E-state index in [0.29, 0.717) is 11.5 Å². The van der Waals surface area contributed by atoms with E-state index in [1.165, 1.54) is 14.2 Å². The van der Waals surface area contributed by atoms with Gasteiger partial charge in [0, 0.05) is 12.1 Å². The number of sulfonamides is 1. The van der Waals surface area contributed by atoms with E-state index in [9.17, 15) is 13.2 Å². The lowest BCUT2D eigenvalue weighted by Crippen LogP contribution is -2.43. The van der Waals surface area contributed by atoms with Crippen LogP contribution in [0.4, 0.5) is 5.69 Å². The van der Waals surface area contributed by atoms with E-state index in [4.69, 9.17) is 9.47 Å². The minimum absolute atomic E-state index is 0.0262. The molecule has 0 heterocycles. The molecule has 0 aliphatic rings. The van der Waals surface area contributed by atoms with Crippen LogP contribution in [-0.2, 0) is 14.8 Å². The molecule has 1 N–H and O–H groups in total. The smallest absolute Gasteiger partial charge is 0.240 e. The molecule has 1 amide bonds. The molecular weight excluding hydrogens is 320 g/mol. The van der Waals surface area contributed by atoms with Crippen molar-refractivity contribution in [2.75, 3.05) is 31.3 Å². The number of anilines is 1. The van der Waals surface area contributed by atoms with Gasteiger partial charge in [-0.2, -0.15) is 0 Å². The Morgan fingerprint density at radius 3 is 2.43 bits per heavy atom. The summed E-state index contributed by atoms with van der Waals surface area (Å²) in [6.07, 6.45) is 1.81. The van der Waals surface area contributed by atoms with Crippen LogP contribution in [0.15, 0.2) is 18.2 Å². The van der Waals surface area contributed by atoms with Gasteiger partial charge >= 0.3 is 0 Å². The van der Waals surface area contributed by atoms with Crippen molar-refractivity contribution in [1.29, 1.82) is 0 Å². The standard InChI is InChI=1S/C15H24N2O5S/c1-6-11(2)16-15(18)10-17(23(5,19)20)13-8-7-12(21-3)9-14(13)22-4/h7-9,11H,6,10H2,1-5H3,(H,16,18)/t11-/m1/s1. The van der Waals surface area contributed by atoms with E-state index in [0.717, 1.165) is 17.0 Å². The molecule has 0 aliphatic carbocycles. The second-order valence-corrected chi connectivity index (χ2v) is 7.09. The number of nitrogens with one attached hydrogen (secondary N) is 1. The number of ether oxygens (including phenoxy) is 2. The van der Waals surface area contributed by atoms with Gasteiger partial charge in [0.2, 0.25) is 15.9 Å². The summed E-state index contributed by atoms with van der Waals surface area (Å²) in [5.74, 6) is 0.469. The second-order valence-electron chi connectivity index (χ2n) is 5.18. The molecule has 0 aromatic heterocycles. The van der Waals surface area contributed by atoms with Gasteiger partial charge < -0.3 is 14.8 Å². The zero-order valence-corrected chi connectivity index (χ0v) is 14.9. The highest BCUT2D eigenvalue weighted by molar-refractivity contribution is 7.92. The van der Waals surface area contributed by atoms with E-state index in [1.807, 2.05) is 13.8 Å². The summed E-state index contributed by atoms with van der Waals surface area (Å²) in [7, 11) is -0.725. The Labute approximate surface area is 137 Å². The van der Waals surface area contributed by atoms with Gasteiger partial charge in [-0.3, -0.25) is 9.10 Å². The first-order valence-corrected chi connectivity index (χ1v) is 9.06. The monoisotopic (exact) mass is 344 g/mol. The number of carbonyl (C=O) groups is 1. The largest absolute Gasteiger partial charge is 0.497 e. The predicted molar refractivity (Wildman–Crippen MR) is 89.6 cm³/mol. The minimum Gasteiger partial charge on any atom is -0.497 e. The van der Waals surface area contributed by atoms with Crippen LogP contribution in [0.1, 0.15) is 20.3 Å². The van der Waals surface area contributed by atoms with Gasteiger partial charge in [0.25, 0.3) is 0 Å². The molecule has 0 bridgehead atoms. The molecule has 7 nitrogen and oxygen atoms in total. The lowest BCUT2D eigenvalue weighted by molar-refractivity contribution is -0.120. The van der Waals surface area contributed by atoms with Crippen LogP contribution in [0.3, 0.4) is 0 Å². The highest BCUT2D eigenvalue weighted by Crippen LogP contribution is 2.33. The highest BCUT2D eigenvalue weighted by Gasteiger charge is 2.24. The Morgan fingerprint density at radius 1 is 1.30 bits per heavy atom. The maximum absolute atomic E-state index is 12.1. The lowest BCUT2D eigenvalue weighted by atomic mass is 10.2. The Kier molecular flexibility index (Phi) is 6.68. The van der Waals surface area contributed by atoms with Crippen molar-refractivity contribution in [2.45, 2.75) is 26.3 Å². The van der Waals surface area contributed by atoms with Gasteiger partial charge in [-0.25, -0.2) is 8.42 Å². The second kappa shape index (κ2) is 8.05. The molecule has 23 heavy (non-hydrogen) atoms. The van der Waals surface area contributed by atoms with Crippen molar-refractivity contribution in [2.24, 2.45) is 0 Å². The number of carbonyl (C=O) groups excluding carboxylic acids is 1. The summed E-state index contributed by atoms with van der Waals surface area (Å²) >= 11 is 0.